The van der Waals surface area contributed by atoms with E-state index in [2.05, 4.69) is 10.6 Å². The first-order valence-electron chi connectivity index (χ1n) is 7.33. The van der Waals surface area contributed by atoms with Crippen LogP contribution >= 0.6 is 0 Å². The first-order chi connectivity index (χ1) is 10.1. The Hall–Kier alpha value is -1.83. The van der Waals surface area contributed by atoms with Gasteiger partial charge in [0.25, 0.3) is 0 Å². The van der Waals surface area contributed by atoms with Crippen LogP contribution in [0.5, 0.6) is 0 Å². The molecular formula is C14H23N3O5. The number of carbonyl (C=O) groups is 3. The van der Waals surface area contributed by atoms with Crippen LogP contribution in [-0.2, 0) is 14.3 Å². The second kappa shape index (κ2) is 5.75. The van der Waals surface area contributed by atoms with Gasteiger partial charge in [0, 0.05) is 32.1 Å². The highest BCUT2D eigenvalue weighted by Crippen LogP contribution is 2.28. The van der Waals surface area contributed by atoms with Crippen LogP contribution in [0.3, 0.4) is 0 Å². The predicted molar refractivity (Wildman–Crippen MR) is 77.3 cm³/mol. The highest BCUT2D eigenvalue weighted by atomic mass is 16.6. The molecule has 0 aromatic rings. The summed E-state index contributed by atoms with van der Waals surface area (Å²) in [6.07, 6.45) is -0.221. The number of nitrogens with one attached hydrogen (secondary N) is 2. The Balaban J connectivity index is 1.94. The first-order valence-corrected chi connectivity index (χ1v) is 7.33. The molecule has 8 nitrogen and oxygen atoms in total. The summed E-state index contributed by atoms with van der Waals surface area (Å²) in [4.78, 5) is 35.8. The van der Waals surface area contributed by atoms with Crippen LogP contribution in [0.2, 0.25) is 0 Å². The van der Waals surface area contributed by atoms with Gasteiger partial charge in [-0.25, -0.2) is 4.79 Å². The van der Waals surface area contributed by atoms with Crippen molar-refractivity contribution < 1.29 is 24.2 Å². The fourth-order valence-corrected chi connectivity index (χ4v) is 2.82. The number of hydrogen-bond acceptors (Lipinski definition) is 5. The molecule has 2 rings (SSSR count). The summed E-state index contributed by atoms with van der Waals surface area (Å²) in [7, 11) is 0. The summed E-state index contributed by atoms with van der Waals surface area (Å²) in [5, 5.41) is 15.0. The molecule has 0 spiro atoms. The minimum Gasteiger partial charge on any atom is -0.481 e. The van der Waals surface area contributed by atoms with E-state index < -0.39 is 23.2 Å². The van der Waals surface area contributed by atoms with Crippen molar-refractivity contribution in [1.29, 1.82) is 0 Å². The van der Waals surface area contributed by atoms with Crippen LogP contribution < -0.4 is 10.6 Å². The van der Waals surface area contributed by atoms with Gasteiger partial charge in [0.2, 0.25) is 5.91 Å². The molecular weight excluding hydrogens is 290 g/mol. The molecule has 2 heterocycles. The minimum atomic E-state index is -0.936. The third-order valence-electron chi connectivity index (χ3n) is 3.62. The van der Waals surface area contributed by atoms with Gasteiger partial charge in [-0.15, -0.1) is 0 Å². The van der Waals surface area contributed by atoms with E-state index in [0.717, 1.165) is 0 Å². The van der Waals surface area contributed by atoms with Crippen molar-refractivity contribution >= 4 is 18.0 Å². The number of carbonyl (C=O) groups excluding carboxylic acids is 2. The van der Waals surface area contributed by atoms with E-state index in [1.165, 1.54) is 4.90 Å². The molecule has 1 atom stereocenters. The molecule has 1 unspecified atom stereocenters. The van der Waals surface area contributed by atoms with Gasteiger partial charge < -0.3 is 25.4 Å². The van der Waals surface area contributed by atoms with E-state index in [0.29, 0.717) is 13.0 Å². The van der Waals surface area contributed by atoms with Crippen molar-refractivity contribution in [2.45, 2.75) is 50.8 Å². The summed E-state index contributed by atoms with van der Waals surface area (Å²) in [6.45, 7) is 6.35. The van der Waals surface area contributed by atoms with Gasteiger partial charge in [0.15, 0.2) is 0 Å². The van der Waals surface area contributed by atoms with Gasteiger partial charge in [-0.05, 0) is 20.8 Å². The Morgan fingerprint density at radius 2 is 2.09 bits per heavy atom. The lowest BCUT2D eigenvalue weighted by Crippen LogP contribution is -2.73. The number of rotatable bonds is 4. The number of aliphatic carboxylic acids is 1. The van der Waals surface area contributed by atoms with E-state index in [9.17, 15) is 14.4 Å². The smallest absolute Gasteiger partial charge is 0.410 e. The fourth-order valence-electron chi connectivity index (χ4n) is 2.82. The number of ether oxygens (including phenoxy) is 1. The Bertz CT molecular complexity index is 479. The number of carboxylic acids is 1. The predicted octanol–water partition coefficient (Wildman–Crippen LogP) is -0.0713. The lowest BCUT2D eigenvalue weighted by molar-refractivity contribution is -0.141. The molecule has 2 amide bonds. The SMILES string of the molecule is CC(C)(C)OC(=O)N1CC(CC(=O)O)(NC2CNC(=O)C2)C1. The van der Waals surface area contributed by atoms with E-state index >= 15 is 0 Å². The minimum absolute atomic E-state index is 0.0497. The molecule has 0 saturated carbocycles. The molecule has 22 heavy (non-hydrogen) atoms. The highest BCUT2D eigenvalue weighted by Gasteiger charge is 2.49. The van der Waals surface area contributed by atoms with Gasteiger partial charge in [0.05, 0.1) is 12.0 Å². The van der Waals surface area contributed by atoms with E-state index in [1.807, 2.05) is 0 Å². The van der Waals surface area contributed by atoms with Gasteiger partial charge in [-0.2, -0.15) is 0 Å². The first kappa shape index (κ1) is 16.5. The number of carboxylic acid groups (broad SMARTS) is 1. The quantitative estimate of drug-likeness (QED) is 0.670. The van der Waals surface area contributed by atoms with E-state index in [-0.39, 0.29) is 31.5 Å². The van der Waals surface area contributed by atoms with E-state index in [4.69, 9.17) is 9.84 Å². The van der Waals surface area contributed by atoms with Crippen molar-refractivity contribution in [2.75, 3.05) is 19.6 Å². The average molecular weight is 313 g/mol. The Morgan fingerprint density at radius 3 is 2.55 bits per heavy atom. The summed E-state index contributed by atoms with van der Waals surface area (Å²) in [6, 6.07) is -0.104. The van der Waals surface area contributed by atoms with Gasteiger partial charge >= 0.3 is 12.1 Å². The molecule has 3 N–H and O–H groups in total. The third kappa shape index (κ3) is 4.09. The zero-order valence-corrected chi connectivity index (χ0v) is 13.1. The van der Waals surface area contributed by atoms with Crippen LogP contribution in [0, 0.1) is 0 Å². The van der Waals surface area contributed by atoms with Crippen molar-refractivity contribution in [3.8, 4) is 0 Å². The van der Waals surface area contributed by atoms with Crippen LogP contribution in [0.1, 0.15) is 33.6 Å². The second-order valence-corrected chi connectivity index (χ2v) is 7.04. The molecule has 0 radical (unpaired) electrons. The van der Waals surface area contributed by atoms with Crippen molar-refractivity contribution in [2.24, 2.45) is 0 Å². The average Bonchev–Trinajstić information content (AvgIpc) is 2.67. The number of amides is 2. The maximum atomic E-state index is 12.0. The molecule has 2 aliphatic rings. The summed E-state index contributed by atoms with van der Waals surface area (Å²) >= 11 is 0. The third-order valence-corrected chi connectivity index (χ3v) is 3.62. The monoisotopic (exact) mass is 313 g/mol. The Labute approximate surface area is 129 Å². The second-order valence-electron chi connectivity index (χ2n) is 7.04. The highest BCUT2D eigenvalue weighted by molar-refractivity contribution is 5.79. The summed E-state index contributed by atoms with van der Waals surface area (Å²) < 4.78 is 5.27. The molecule has 0 aromatic heterocycles. The van der Waals surface area contributed by atoms with Crippen LogP contribution in [-0.4, -0.2) is 64.8 Å². The number of hydrogen-bond donors (Lipinski definition) is 3. The van der Waals surface area contributed by atoms with E-state index in [1.54, 1.807) is 20.8 Å². The van der Waals surface area contributed by atoms with Gasteiger partial charge in [0.1, 0.15) is 5.60 Å². The zero-order chi connectivity index (χ0) is 16.5. The fraction of sp³-hybridized carbons (Fsp3) is 0.786. The normalized spacial score (nSPS) is 23.7. The molecule has 0 aliphatic carbocycles. The van der Waals surface area contributed by atoms with Crippen molar-refractivity contribution in [1.82, 2.24) is 15.5 Å². The zero-order valence-electron chi connectivity index (χ0n) is 13.1. The molecule has 0 aromatic carbocycles. The standard InChI is InChI=1S/C14H23N3O5/c1-13(2,3)22-12(21)17-7-14(8-17,5-11(19)20)16-9-4-10(18)15-6-9/h9,16H,4-8H2,1-3H3,(H,15,18)(H,19,20). The van der Waals surface area contributed by atoms with Crippen molar-refractivity contribution in [3.05, 3.63) is 0 Å². The lowest BCUT2D eigenvalue weighted by atomic mass is 9.85. The Morgan fingerprint density at radius 1 is 1.45 bits per heavy atom. The maximum Gasteiger partial charge on any atom is 0.410 e. The maximum absolute atomic E-state index is 12.0. The lowest BCUT2D eigenvalue weighted by Gasteiger charge is -2.50. The van der Waals surface area contributed by atoms with Crippen LogP contribution in [0.25, 0.3) is 0 Å². The Kier molecular flexibility index (Phi) is 4.32. The molecule has 2 saturated heterocycles. The van der Waals surface area contributed by atoms with Gasteiger partial charge in [-0.1, -0.05) is 0 Å². The largest absolute Gasteiger partial charge is 0.481 e. The van der Waals surface area contributed by atoms with Crippen molar-refractivity contribution in [3.63, 3.8) is 0 Å². The topological polar surface area (TPSA) is 108 Å². The number of likely N-dealkylation sites (tertiary alicyclic amines) is 1. The van der Waals surface area contributed by atoms with Gasteiger partial charge in [-0.3, -0.25) is 9.59 Å². The molecule has 0 bridgehead atoms. The molecule has 2 fully saturated rings. The van der Waals surface area contributed by atoms with Crippen LogP contribution in [0.4, 0.5) is 4.79 Å². The van der Waals surface area contributed by atoms with Crippen LogP contribution in [0.15, 0.2) is 0 Å². The number of nitrogens with zero attached hydrogens (tertiary/aromatic N) is 1. The molecule has 8 heteroatoms. The molecule has 2 aliphatic heterocycles. The molecule has 124 valence electrons. The summed E-state index contributed by atoms with van der Waals surface area (Å²) in [5.41, 5.74) is -1.28. The summed E-state index contributed by atoms with van der Waals surface area (Å²) in [5.74, 6) is -0.986.